The Kier molecular flexibility index (Phi) is 4.52. The van der Waals surface area contributed by atoms with E-state index in [1.165, 1.54) is 16.4 Å². The minimum Gasteiger partial charge on any atom is -0.336 e. The molecule has 2 aromatic rings. The fourth-order valence-corrected chi connectivity index (χ4v) is 2.39. The number of aromatic nitrogens is 3. The maximum Gasteiger partial charge on any atom is 0.234 e. The second kappa shape index (κ2) is 6.17. The molecule has 0 atom stereocenters. The molecule has 0 unspecified atom stereocenters. The summed E-state index contributed by atoms with van der Waals surface area (Å²) in [6.07, 6.45) is 0. The highest BCUT2D eigenvalue weighted by Crippen LogP contribution is 2.23. The van der Waals surface area contributed by atoms with Gasteiger partial charge in [0.2, 0.25) is 11.1 Å². The summed E-state index contributed by atoms with van der Waals surface area (Å²) in [5.74, 6) is 6.78. The van der Waals surface area contributed by atoms with Gasteiger partial charge in [0.1, 0.15) is 0 Å². The molecule has 1 amide bonds. The van der Waals surface area contributed by atoms with Gasteiger partial charge in [-0.25, -0.2) is 4.68 Å². The summed E-state index contributed by atoms with van der Waals surface area (Å²) in [5.41, 5.74) is 0.583. The first kappa shape index (κ1) is 15.4. The molecule has 3 N–H and O–H groups in total. The van der Waals surface area contributed by atoms with Crippen molar-refractivity contribution in [2.75, 3.05) is 16.9 Å². The molecule has 0 saturated carbocycles. The molecule has 7 heteroatoms. The van der Waals surface area contributed by atoms with Crippen molar-refractivity contribution >= 4 is 23.4 Å². The van der Waals surface area contributed by atoms with Gasteiger partial charge in [-0.1, -0.05) is 50.7 Å². The second-order valence-corrected chi connectivity index (χ2v) is 6.57. The van der Waals surface area contributed by atoms with Crippen LogP contribution in [0.25, 0.3) is 0 Å². The highest BCUT2D eigenvalue weighted by atomic mass is 32.2. The smallest absolute Gasteiger partial charge is 0.234 e. The van der Waals surface area contributed by atoms with Crippen LogP contribution in [-0.2, 0) is 10.2 Å². The molecule has 0 saturated heterocycles. The van der Waals surface area contributed by atoms with E-state index >= 15 is 0 Å². The van der Waals surface area contributed by atoms with Gasteiger partial charge in [-0.05, 0) is 12.1 Å². The molecule has 1 aromatic carbocycles. The molecule has 0 aliphatic heterocycles. The molecule has 0 bridgehead atoms. The lowest BCUT2D eigenvalue weighted by Gasteiger charge is -2.16. The van der Waals surface area contributed by atoms with Gasteiger partial charge < -0.3 is 11.2 Å². The number of hydrogen-bond donors (Lipinski definition) is 2. The number of nitrogens with one attached hydrogen (secondary N) is 1. The summed E-state index contributed by atoms with van der Waals surface area (Å²) in [6, 6.07) is 9.32. The van der Waals surface area contributed by atoms with Crippen molar-refractivity contribution < 1.29 is 4.79 Å². The molecular weight excluding hydrogens is 286 g/mol. The van der Waals surface area contributed by atoms with E-state index in [9.17, 15) is 4.79 Å². The summed E-state index contributed by atoms with van der Waals surface area (Å²) < 4.78 is 1.44. The van der Waals surface area contributed by atoms with E-state index in [1.807, 2.05) is 51.1 Å². The van der Waals surface area contributed by atoms with Crippen LogP contribution in [0.3, 0.4) is 0 Å². The zero-order valence-corrected chi connectivity index (χ0v) is 13.1. The number of benzene rings is 1. The molecule has 112 valence electrons. The first-order chi connectivity index (χ1) is 9.88. The first-order valence-corrected chi connectivity index (χ1v) is 7.55. The van der Waals surface area contributed by atoms with Crippen molar-refractivity contribution in [3.8, 4) is 0 Å². The average Bonchev–Trinajstić information content (AvgIpc) is 2.79. The number of para-hydroxylation sites is 1. The standard InChI is InChI=1S/C14H19N5OS/c1-14(2,3)12-17-18-13(19(12)15)21-9-11(20)16-10-7-5-4-6-8-10/h4-8H,9,15H2,1-3H3,(H,16,20). The predicted molar refractivity (Wildman–Crippen MR) is 84.7 cm³/mol. The van der Waals surface area contributed by atoms with Crippen molar-refractivity contribution in [2.24, 2.45) is 0 Å². The van der Waals surface area contributed by atoms with Crippen LogP contribution in [0.15, 0.2) is 35.5 Å². The summed E-state index contributed by atoms with van der Waals surface area (Å²) in [5, 5.41) is 11.5. The van der Waals surface area contributed by atoms with Gasteiger partial charge in [-0.2, -0.15) is 0 Å². The van der Waals surface area contributed by atoms with Crippen LogP contribution < -0.4 is 11.2 Å². The fraction of sp³-hybridized carbons (Fsp3) is 0.357. The number of rotatable bonds is 4. The van der Waals surface area contributed by atoms with Gasteiger partial charge in [0.05, 0.1) is 5.75 Å². The Morgan fingerprint density at radius 2 is 1.95 bits per heavy atom. The lowest BCUT2D eigenvalue weighted by atomic mass is 9.96. The van der Waals surface area contributed by atoms with Crippen LogP contribution in [0.4, 0.5) is 5.69 Å². The van der Waals surface area contributed by atoms with Crippen LogP contribution in [0.5, 0.6) is 0 Å². The van der Waals surface area contributed by atoms with Crippen molar-refractivity contribution in [1.29, 1.82) is 0 Å². The number of carbonyl (C=O) groups is 1. The van der Waals surface area contributed by atoms with Gasteiger partial charge in [0, 0.05) is 11.1 Å². The van der Waals surface area contributed by atoms with E-state index in [0.29, 0.717) is 11.0 Å². The number of thioether (sulfide) groups is 1. The topological polar surface area (TPSA) is 85.8 Å². The minimum atomic E-state index is -0.188. The van der Waals surface area contributed by atoms with Gasteiger partial charge >= 0.3 is 0 Å². The molecule has 0 spiro atoms. The van der Waals surface area contributed by atoms with E-state index < -0.39 is 0 Å². The van der Waals surface area contributed by atoms with Gasteiger partial charge in [-0.15, -0.1) is 10.2 Å². The molecular formula is C14H19N5OS. The number of anilines is 1. The molecule has 0 fully saturated rings. The molecule has 6 nitrogen and oxygen atoms in total. The first-order valence-electron chi connectivity index (χ1n) is 6.56. The van der Waals surface area contributed by atoms with Crippen molar-refractivity contribution in [1.82, 2.24) is 14.9 Å². The summed E-state index contributed by atoms with van der Waals surface area (Å²) in [6.45, 7) is 6.03. The Morgan fingerprint density at radius 1 is 1.29 bits per heavy atom. The summed E-state index contributed by atoms with van der Waals surface area (Å²) in [7, 11) is 0. The van der Waals surface area contributed by atoms with E-state index in [0.717, 1.165) is 5.69 Å². The van der Waals surface area contributed by atoms with Crippen molar-refractivity contribution in [3.63, 3.8) is 0 Å². The molecule has 0 radical (unpaired) electrons. The quantitative estimate of drug-likeness (QED) is 0.666. The zero-order valence-electron chi connectivity index (χ0n) is 12.3. The van der Waals surface area contributed by atoms with E-state index in [-0.39, 0.29) is 17.1 Å². The number of nitrogens with zero attached hydrogens (tertiary/aromatic N) is 3. The van der Waals surface area contributed by atoms with Gasteiger partial charge in [-0.3, -0.25) is 4.79 Å². The number of amides is 1. The van der Waals surface area contributed by atoms with Gasteiger partial charge in [0.15, 0.2) is 5.82 Å². The third-order valence-corrected chi connectivity index (χ3v) is 3.67. The lowest BCUT2D eigenvalue weighted by molar-refractivity contribution is -0.113. The largest absolute Gasteiger partial charge is 0.336 e. The van der Waals surface area contributed by atoms with Crippen LogP contribution in [-0.4, -0.2) is 26.5 Å². The van der Waals surface area contributed by atoms with E-state index in [1.54, 1.807) is 0 Å². The Balaban J connectivity index is 1.95. The molecule has 1 aromatic heterocycles. The number of nitrogens with two attached hydrogens (primary N) is 1. The minimum absolute atomic E-state index is 0.105. The highest BCUT2D eigenvalue weighted by molar-refractivity contribution is 7.99. The van der Waals surface area contributed by atoms with Crippen molar-refractivity contribution in [2.45, 2.75) is 31.3 Å². The van der Waals surface area contributed by atoms with Crippen LogP contribution in [0.1, 0.15) is 26.6 Å². The third kappa shape index (κ3) is 3.98. The third-order valence-electron chi connectivity index (χ3n) is 2.73. The predicted octanol–water partition coefficient (Wildman–Crippen LogP) is 2.02. The Labute approximate surface area is 128 Å². The van der Waals surface area contributed by atoms with Crippen LogP contribution in [0, 0.1) is 0 Å². The molecule has 0 aliphatic rings. The summed E-state index contributed by atoms with van der Waals surface area (Å²) in [4.78, 5) is 11.9. The second-order valence-electron chi connectivity index (χ2n) is 5.63. The fourth-order valence-electron chi connectivity index (χ4n) is 1.74. The number of nitrogen functional groups attached to an aromatic ring is 1. The van der Waals surface area contributed by atoms with Crippen LogP contribution in [0.2, 0.25) is 0 Å². The van der Waals surface area contributed by atoms with Crippen LogP contribution >= 0.6 is 11.8 Å². The number of hydrogen-bond acceptors (Lipinski definition) is 5. The SMILES string of the molecule is CC(C)(C)c1nnc(SCC(=O)Nc2ccccc2)n1N. The highest BCUT2D eigenvalue weighted by Gasteiger charge is 2.23. The Hall–Kier alpha value is -2.02. The molecule has 1 heterocycles. The summed E-state index contributed by atoms with van der Waals surface area (Å²) >= 11 is 1.26. The average molecular weight is 305 g/mol. The Bertz CT molecular complexity index is 618. The molecule has 2 rings (SSSR count). The molecule has 0 aliphatic carbocycles. The maximum atomic E-state index is 11.9. The normalized spacial score (nSPS) is 11.4. The zero-order chi connectivity index (χ0) is 15.5. The number of carbonyl (C=O) groups excluding carboxylic acids is 1. The van der Waals surface area contributed by atoms with E-state index in [2.05, 4.69) is 15.5 Å². The lowest BCUT2D eigenvalue weighted by Crippen LogP contribution is -2.24. The molecule has 21 heavy (non-hydrogen) atoms. The van der Waals surface area contributed by atoms with E-state index in [4.69, 9.17) is 5.84 Å². The van der Waals surface area contributed by atoms with Gasteiger partial charge in [0.25, 0.3) is 0 Å². The van der Waals surface area contributed by atoms with Crippen molar-refractivity contribution in [3.05, 3.63) is 36.2 Å². The monoisotopic (exact) mass is 305 g/mol. The maximum absolute atomic E-state index is 11.9. The Morgan fingerprint density at radius 3 is 2.52 bits per heavy atom.